The van der Waals surface area contributed by atoms with Crippen LogP contribution < -0.4 is 10.2 Å². The lowest BCUT2D eigenvalue weighted by Gasteiger charge is -2.14. The number of nitrogens with zero attached hydrogens (tertiary/aromatic N) is 2. The van der Waals surface area contributed by atoms with Crippen LogP contribution in [0.2, 0.25) is 0 Å². The van der Waals surface area contributed by atoms with Gasteiger partial charge in [0.25, 0.3) is 6.01 Å². The Morgan fingerprint density at radius 1 is 1.26 bits per heavy atom. The van der Waals surface area contributed by atoms with Gasteiger partial charge in [-0.15, -0.1) is 0 Å². The minimum absolute atomic E-state index is 0.661. The summed E-state index contributed by atoms with van der Waals surface area (Å²) in [5.41, 5.74) is 3.46. The zero-order chi connectivity index (χ0) is 13.7. The lowest BCUT2D eigenvalue weighted by Crippen LogP contribution is -2.17. The number of hydrogen-bond acceptors (Lipinski definition) is 4. The van der Waals surface area contributed by atoms with Gasteiger partial charge < -0.3 is 14.6 Å². The van der Waals surface area contributed by atoms with Crippen LogP contribution in [0.4, 0.5) is 6.01 Å². The van der Waals surface area contributed by atoms with Crippen LogP contribution in [0.5, 0.6) is 0 Å². The molecule has 0 spiro atoms. The maximum Gasteiger partial charge on any atom is 0.297 e. The van der Waals surface area contributed by atoms with Crippen molar-refractivity contribution in [1.82, 2.24) is 10.3 Å². The van der Waals surface area contributed by atoms with E-state index in [1.165, 1.54) is 11.1 Å². The molecule has 4 heteroatoms. The van der Waals surface area contributed by atoms with Crippen molar-refractivity contribution in [3.8, 4) is 0 Å². The molecule has 0 aliphatic carbocycles. The molecule has 0 unspecified atom stereocenters. The molecular formula is C15H21N3O. The summed E-state index contributed by atoms with van der Waals surface area (Å²) >= 11 is 0. The predicted molar refractivity (Wildman–Crippen MR) is 77.2 cm³/mol. The van der Waals surface area contributed by atoms with Gasteiger partial charge in [-0.1, -0.05) is 36.8 Å². The molecule has 19 heavy (non-hydrogen) atoms. The quantitative estimate of drug-likeness (QED) is 0.866. The molecule has 0 radical (unpaired) electrons. The topological polar surface area (TPSA) is 41.3 Å². The Labute approximate surface area is 114 Å². The van der Waals surface area contributed by atoms with E-state index in [4.69, 9.17) is 4.42 Å². The van der Waals surface area contributed by atoms with Crippen LogP contribution in [0.25, 0.3) is 0 Å². The average molecular weight is 259 g/mol. The lowest BCUT2D eigenvalue weighted by molar-refractivity contribution is 0.543. The molecule has 2 rings (SSSR count). The van der Waals surface area contributed by atoms with Gasteiger partial charge >= 0.3 is 0 Å². The highest BCUT2D eigenvalue weighted by molar-refractivity contribution is 5.30. The van der Waals surface area contributed by atoms with Crippen molar-refractivity contribution in [2.45, 2.75) is 26.9 Å². The molecule has 1 N–H and O–H groups in total. The SMILES string of the molecule is CCNCc1coc(N(C)Cc2ccc(C)cc2)n1. The molecule has 2 aromatic rings. The van der Waals surface area contributed by atoms with Crippen molar-refractivity contribution >= 4 is 6.01 Å². The van der Waals surface area contributed by atoms with E-state index in [-0.39, 0.29) is 0 Å². The summed E-state index contributed by atoms with van der Waals surface area (Å²) in [6, 6.07) is 9.17. The van der Waals surface area contributed by atoms with Crippen molar-refractivity contribution in [3.05, 3.63) is 47.3 Å². The van der Waals surface area contributed by atoms with E-state index >= 15 is 0 Å². The Morgan fingerprint density at radius 3 is 2.68 bits per heavy atom. The minimum atomic E-state index is 0.661. The van der Waals surface area contributed by atoms with Gasteiger partial charge in [-0.05, 0) is 19.0 Å². The summed E-state index contributed by atoms with van der Waals surface area (Å²) in [5, 5.41) is 3.23. The lowest BCUT2D eigenvalue weighted by atomic mass is 10.1. The van der Waals surface area contributed by atoms with Crippen LogP contribution in [0.1, 0.15) is 23.7 Å². The summed E-state index contributed by atoms with van der Waals surface area (Å²) in [4.78, 5) is 6.47. The number of oxazole rings is 1. The van der Waals surface area contributed by atoms with E-state index in [9.17, 15) is 0 Å². The van der Waals surface area contributed by atoms with Crippen LogP contribution >= 0.6 is 0 Å². The molecule has 4 nitrogen and oxygen atoms in total. The van der Waals surface area contributed by atoms with Crippen LogP contribution in [0, 0.1) is 6.92 Å². The fraction of sp³-hybridized carbons (Fsp3) is 0.400. The normalized spacial score (nSPS) is 10.7. The van der Waals surface area contributed by atoms with E-state index in [0.717, 1.165) is 25.3 Å². The minimum Gasteiger partial charge on any atom is -0.432 e. The molecule has 0 saturated heterocycles. The van der Waals surface area contributed by atoms with E-state index in [1.807, 2.05) is 11.9 Å². The summed E-state index contributed by atoms with van der Waals surface area (Å²) < 4.78 is 5.49. The molecular weight excluding hydrogens is 238 g/mol. The standard InChI is InChI=1S/C15H21N3O/c1-4-16-9-14-11-19-15(17-14)18(3)10-13-7-5-12(2)6-8-13/h5-8,11,16H,4,9-10H2,1-3H3. The third-order valence-corrected chi connectivity index (χ3v) is 2.96. The first-order chi connectivity index (χ1) is 9.19. The molecule has 0 bridgehead atoms. The third kappa shape index (κ3) is 3.83. The number of benzene rings is 1. The number of nitrogens with one attached hydrogen (secondary N) is 1. The molecule has 0 atom stereocenters. The van der Waals surface area contributed by atoms with Crippen molar-refractivity contribution in [2.75, 3.05) is 18.5 Å². The second-order valence-electron chi connectivity index (χ2n) is 4.74. The van der Waals surface area contributed by atoms with Gasteiger partial charge in [-0.3, -0.25) is 0 Å². The number of anilines is 1. The maximum absolute atomic E-state index is 5.49. The molecule has 0 aliphatic rings. The predicted octanol–water partition coefficient (Wildman–Crippen LogP) is 2.73. The fourth-order valence-electron chi connectivity index (χ4n) is 1.84. The molecule has 1 aromatic carbocycles. The Kier molecular flexibility index (Phi) is 4.58. The van der Waals surface area contributed by atoms with Crippen LogP contribution in [-0.2, 0) is 13.1 Å². The second-order valence-corrected chi connectivity index (χ2v) is 4.74. The molecule has 102 valence electrons. The van der Waals surface area contributed by atoms with Crippen LogP contribution in [0.15, 0.2) is 34.9 Å². The monoisotopic (exact) mass is 259 g/mol. The number of rotatable bonds is 6. The molecule has 1 heterocycles. The van der Waals surface area contributed by atoms with Gasteiger partial charge in [0.1, 0.15) is 6.26 Å². The Hall–Kier alpha value is -1.81. The zero-order valence-corrected chi connectivity index (χ0v) is 11.8. The molecule has 1 aromatic heterocycles. The van der Waals surface area contributed by atoms with Crippen LogP contribution in [0.3, 0.4) is 0 Å². The highest BCUT2D eigenvalue weighted by Gasteiger charge is 2.09. The first-order valence-electron chi connectivity index (χ1n) is 6.61. The van der Waals surface area contributed by atoms with Gasteiger partial charge in [0, 0.05) is 20.1 Å². The van der Waals surface area contributed by atoms with Crippen molar-refractivity contribution < 1.29 is 4.42 Å². The van der Waals surface area contributed by atoms with E-state index < -0.39 is 0 Å². The van der Waals surface area contributed by atoms with E-state index in [0.29, 0.717) is 6.01 Å². The third-order valence-electron chi connectivity index (χ3n) is 2.96. The second kappa shape index (κ2) is 6.38. The summed E-state index contributed by atoms with van der Waals surface area (Å²) in [6.07, 6.45) is 1.71. The maximum atomic E-state index is 5.49. The first kappa shape index (κ1) is 13.6. The van der Waals surface area contributed by atoms with E-state index in [2.05, 4.69) is 48.4 Å². The Morgan fingerprint density at radius 2 is 2.00 bits per heavy atom. The van der Waals surface area contributed by atoms with Gasteiger partial charge in [0.05, 0.1) is 5.69 Å². The fourth-order valence-corrected chi connectivity index (χ4v) is 1.84. The average Bonchev–Trinajstić information content (AvgIpc) is 2.88. The van der Waals surface area contributed by atoms with Gasteiger partial charge in [0.15, 0.2) is 0 Å². The number of hydrogen-bond donors (Lipinski definition) is 1. The summed E-state index contributed by atoms with van der Waals surface area (Å²) in [5.74, 6) is 0. The van der Waals surface area contributed by atoms with Crippen LogP contribution in [-0.4, -0.2) is 18.6 Å². The molecule has 0 fully saturated rings. The highest BCUT2D eigenvalue weighted by Crippen LogP contribution is 2.15. The highest BCUT2D eigenvalue weighted by atomic mass is 16.4. The van der Waals surface area contributed by atoms with Gasteiger partial charge in [-0.25, -0.2) is 0 Å². The molecule has 0 saturated carbocycles. The Balaban J connectivity index is 1.97. The Bertz CT molecular complexity index is 504. The first-order valence-corrected chi connectivity index (χ1v) is 6.61. The number of aromatic nitrogens is 1. The largest absolute Gasteiger partial charge is 0.432 e. The van der Waals surface area contributed by atoms with Crippen molar-refractivity contribution in [2.24, 2.45) is 0 Å². The van der Waals surface area contributed by atoms with E-state index in [1.54, 1.807) is 6.26 Å². The number of aryl methyl sites for hydroxylation is 1. The van der Waals surface area contributed by atoms with Crippen molar-refractivity contribution in [1.29, 1.82) is 0 Å². The smallest absolute Gasteiger partial charge is 0.297 e. The van der Waals surface area contributed by atoms with Gasteiger partial charge in [-0.2, -0.15) is 4.98 Å². The molecule has 0 amide bonds. The van der Waals surface area contributed by atoms with Crippen molar-refractivity contribution in [3.63, 3.8) is 0 Å². The molecule has 0 aliphatic heterocycles. The summed E-state index contributed by atoms with van der Waals surface area (Å²) in [6.45, 7) is 6.64. The zero-order valence-electron chi connectivity index (χ0n) is 11.8. The van der Waals surface area contributed by atoms with Gasteiger partial charge in [0.2, 0.25) is 0 Å². The summed E-state index contributed by atoms with van der Waals surface area (Å²) in [7, 11) is 1.99.